The van der Waals surface area contributed by atoms with Crippen LogP contribution in [0.5, 0.6) is 0 Å². The highest BCUT2D eigenvalue weighted by Gasteiger charge is 2.33. The Labute approximate surface area is 95.1 Å². The molecular weight excluding hydrogens is 242 g/mol. The van der Waals surface area contributed by atoms with Crippen molar-refractivity contribution in [3.8, 4) is 0 Å². The molecule has 2 aliphatic heterocycles. The standard InChI is InChI=1S/C11H20BrNO/c12-9-11(3-7-14-8-4-11)10-13-5-1-2-6-13/h1-10H2. The van der Waals surface area contributed by atoms with Crippen molar-refractivity contribution in [1.29, 1.82) is 0 Å². The van der Waals surface area contributed by atoms with Crippen LogP contribution in [0.4, 0.5) is 0 Å². The summed E-state index contributed by atoms with van der Waals surface area (Å²) >= 11 is 3.69. The smallest absolute Gasteiger partial charge is 0.0472 e. The summed E-state index contributed by atoms with van der Waals surface area (Å²) in [5.41, 5.74) is 0.503. The molecule has 2 heterocycles. The molecule has 2 rings (SSSR count). The maximum Gasteiger partial charge on any atom is 0.0472 e. The molecule has 0 spiro atoms. The highest BCUT2D eigenvalue weighted by Crippen LogP contribution is 2.34. The largest absolute Gasteiger partial charge is 0.381 e. The minimum Gasteiger partial charge on any atom is -0.381 e. The lowest BCUT2D eigenvalue weighted by Crippen LogP contribution is -2.41. The van der Waals surface area contributed by atoms with Crippen molar-refractivity contribution in [2.24, 2.45) is 5.41 Å². The van der Waals surface area contributed by atoms with Crippen molar-refractivity contribution >= 4 is 15.9 Å². The summed E-state index contributed by atoms with van der Waals surface area (Å²) in [6.07, 6.45) is 5.26. The Morgan fingerprint density at radius 3 is 2.36 bits per heavy atom. The van der Waals surface area contributed by atoms with Crippen molar-refractivity contribution in [3.63, 3.8) is 0 Å². The van der Waals surface area contributed by atoms with Gasteiger partial charge in [-0.3, -0.25) is 0 Å². The highest BCUT2D eigenvalue weighted by molar-refractivity contribution is 9.09. The zero-order valence-corrected chi connectivity index (χ0v) is 10.4. The van der Waals surface area contributed by atoms with E-state index >= 15 is 0 Å². The molecule has 0 atom stereocenters. The topological polar surface area (TPSA) is 12.5 Å². The van der Waals surface area contributed by atoms with Crippen LogP contribution in [-0.2, 0) is 4.74 Å². The summed E-state index contributed by atoms with van der Waals surface area (Å²) in [6, 6.07) is 0. The lowest BCUT2D eigenvalue weighted by molar-refractivity contribution is 0.0117. The van der Waals surface area contributed by atoms with Crippen LogP contribution >= 0.6 is 15.9 Å². The number of hydrogen-bond donors (Lipinski definition) is 0. The van der Waals surface area contributed by atoms with Gasteiger partial charge in [-0.25, -0.2) is 0 Å². The Kier molecular flexibility index (Phi) is 3.86. The molecule has 2 fully saturated rings. The van der Waals surface area contributed by atoms with Gasteiger partial charge in [0.2, 0.25) is 0 Å². The molecule has 82 valence electrons. The van der Waals surface area contributed by atoms with Gasteiger partial charge in [0.05, 0.1) is 0 Å². The van der Waals surface area contributed by atoms with Crippen molar-refractivity contribution in [1.82, 2.24) is 4.90 Å². The predicted molar refractivity (Wildman–Crippen MR) is 62.0 cm³/mol. The van der Waals surface area contributed by atoms with E-state index in [0.717, 1.165) is 18.5 Å². The molecule has 0 aromatic rings. The number of halogens is 1. The third kappa shape index (κ3) is 2.50. The molecule has 0 aromatic carbocycles. The van der Waals surface area contributed by atoms with E-state index in [4.69, 9.17) is 4.74 Å². The van der Waals surface area contributed by atoms with Gasteiger partial charge < -0.3 is 9.64 Å². The minimum absolute atomic E-state index is 0.503. The van der Waals surface area contributed by atoms with Crippen LogP contribution in [0.15, 0.2) is 0 Å². The number of nitrogens with zero attached hydrogens (tertiary/aromatic N) is 1. The van der Waals surface area contributed by atoms with Crippen molar-refractivity contribution in [3.05, 3.63) is 0 Å². The Morgan fingerprint density at radius 2 is 1.79 bits per heavy atom. The first-order valence-electron chi connectivity index (χ1n) is 5.71. The third-order valence-electron chi connectivity index (χ3n) is 3.59. The summed E-state index contributed by atoms with van der Waals surface area (Å²) in [7, 11) is 0. The number of rotatable bonds is 3. The second-order valence-corrected chi connectivity index (χ2v) is 5.29. The first-order valence-corrected chi connectivity index (χ1v) is 6.83. The molecule has 0 aromatic heterocycles. The van der Waals surface area contributed by atoms with Gasteiger partial charge in [-0.1, -0.05) is 15.9 Å². The van der Waals surface area contributed by atoms with E-state index in [1.165, 1.54) is 45.3 Å². The van der Waals surface area contributed by atoms with Crippen molar-refractivity contribution in [2.45, 2.75) is 25.7 Å². The van der Waals surface area contributed by atoms with E-state index in [1.54, 1.807) is 0 Å². The molecule has 2 saturated heterocycles. The number of alkyl halides is 1. The molecule has 3 heteroatoms. The zero-order chi connectivity index (χ0) is 9.86. The lowest BCUT2D eigenvalue weighted by atomic mass is 9.82. The van der Waals surface area contributed by atoms with Gasteiger partial charge in [0.25, 0.3) is 0 Å². The molecule has 0 aliphatic carbocycles. The Morgan fingerprint density at radius 1 is 1.14 bits per heavy atom. The van der Waals surface area contributed by atoms with Gasteiger partial charge in [0.15, 0.2) is 0 Å². The fourth-order valence-electron chi connectivity index (χ4n) is 2.55. The first kappa shape index (κ1) is 10.9. The van der Waals surface area contributed by atoms with Crippen molar-refractivity contribution < 1.29 is 4.74 Å². The van der Waals surface area contributed by atoms with Gasteiger partial charge in [0, 0.05) is 25.1 Å². The molecule has 0 bridgehead atoms. The van der Waals surface area contributed by atoms with E-state index < -0.39 is 0 Å². The minimum atomic E-state index is 0.503. The molecule has 0 N–H and O–H groups in total. The van der Waals surface area contributed by atoms with Gasteiger partial charge in [-0.2, -0.15) is 0 Å². The van der Waals surface area contributed by atoms with Crippen LogP contribution in [-0.4, -0.2) is 43.1 Å². The maximum absolute atomic E-state index is 5.45. The Balaban J connectivity index is 1.89. The average molecular weight is 262 g/mol. The van der Waals surface area contributed by atoms with E-state index in [-0.39, 0.29) is 0 Å². The molecule has 0 unspecified atom stereocenters. The van der Waals surface area contributed by atoms with E-state index in [0.29, 0.717) is 5.41 Å². The maximum atomic E-state index is 5.45. The predicted octanol–water partition coefficient (Wildman–Crippen LogP) is 2.27. The van der Waals surface area contributed by atoms with Crippen LogP contribution in [0.1, 0.15) is 25.7 Å². The molecular formula is C11H20BrNO. The lowest BCUT2D eigenvalue weighted by Gasteiger charge is -2.38. The summed E-state index contributed by atoms with van der Waals surface area (Å²) < 4.78 is 5.45. The van der Waals surface area contributed by atoms with E-state index in [2.05, 4.69) is 20.8 Å². The second-order valence-electron chi connectivity index (χ2n) is 4.73. The molecule has 0 saturated carbocycles. The third-order valence-corrected chi connectivity index (χ3v) is 4.78. The van der Waals surface area contributed by atoms with Gasteiger partial charge in [-0.15, -0.1) is 0 Å². The zero-order valence-electron chi connectivity index (χ0n) is 8.80. The molecule has 2 nitrogen and oxygen atoms in total. The normalized spacial score (nSPS) is 28.1. The number of ether oxygens (including phenoxy) is 1. The van der Waals surface area contributed by atoms with E-state index in [9.17, 15) is 0 Å². The first-order chi connectivity index (χ1) is 6.85. The monoisotopic (exact) mass is 261 g/mol. The average Bonchev–Trinajstić information content (AvgIpc) is 2.72. The molecule has 0 amide bonds. The fraction of sp³-hybridized carbons (Fsp3) is 1.00. The van der Waals surface area contributed by atoms with Gasteiger partial charge in [-0.05, 0) is 44.2 Å². The van der Waals surface area contributed by atoms with Gasteiger partial charge >= 0.3 is 0 Å². The Bertz CT molecular complexity index is 174. The summed E-state index contributed by atoms with van der Waals surface area (Å²) in [4.78, 5) is 2.63. The number of likely N-dealkylation sites (tertiary alicyclic amines) is 1. The van der Waals surface area contributed by atoms with Crippen LogP contribution in [0.25, 0.3) is 0 Å². The fourth-order valence-corrected chi connectivity index (χ4v) is 3.29. The van der Waals surface area contributed by atoms with E-state index in [1.807, 2.05) is 0 Å². The quantitative estimate of drug-likeness (QED) is 0.723. The van der Waals surface area contributed by atoms with Crippen LogP contribution in [0, 0.1) is 5.41 Å². The summed E-state index contributed by atoms with van der Waals surface area (Å²) in [6.45, 7) is 5.83. The number of hydrogen-bond acceptors (Lipinski definition) is 2. The van der Waals surface area contributed by atoms with Crippen LogP contribution < -0.4 is 0 Å². The second kappa shape index (κ2) is 4.95. The summed E-state index contributed by atoms with van der Waals surface area (Å²) in [5, 5.41) is 1.14. The van der Waals surface area contributed by atoms with Crippen molar-refractivity contribution in [2.75, 3.05) is 38.2 Å². The molecule has 0 radical (unpaired) electrons. The highest BCUT2D eigenvalue weighted by atomic mass is 79.9. The van der Waals surface area contributed by atoms with Gasteiger partial charge in [0.1, 0.15) is 0 Å². The summed E-state index contributed by atoms with van der Waals surface area (Å²) in [5.74, 6) is 0. The van der Waals surface area contributed by atoms with Crippen LogP contribution in [0.3, 0.4) is 0 Å². The van der Waals surface area contributed by atoms with Crippen LogP contribution in [0.2, 0.25) is 0 Å². The SMILES string of the molecule is BrCC1(CN2CCCC2)CCOCC1. The Hall–Kier alpha value is 0.400. The molecule has 14 heavy (non-hydrogen) atoms. The molecule has 2 aliphatic rings.